The lowest BCUT2D eigenvalue weighted by molar-refractivity contribution is -0.0235. The van der Waals surface area contributed by atoms with Crippen LogP contribution < -0.4 is 25.4 Å². The summed E-state index contributed by atoms with van der Waals surface area (Å²) in [5, 5.41) is 8.66. The highest BCUT2D eigenvalue weighted by Crippen LogP contribution is 2.29. The normalized spacial score (nSPS) is 19.0. The van der Waals surface area contributed by atoms with Gasteiger partial charge in [0.15, 0.2) is 0 Å². The zero-order valence-electron chi connectivity index (χ0n) is 25.9. The number of aryl methyl sites for hydroxylation is 1. The van der Waals surface area contributed by atoms with Crippen LogP contribution in [0.15, 0.2) is 60.7 Å². The van der Waals surface area contributed by atoms with Crippen LogP contribution in [0.25, 0.3) is 0 Å². The molecule has 0 unspecified atom stereocenters. The lowest BCUT2D eigenvalue weighted by atomic mass is 9.98. The highest BCUT2D eigenvalue weighted by atomic mass is 16.5. The van der Waals surface area contributed by atoms with Gasteiger partial charge in [-0.25, -0.2) is 4.79 Å². The summed E-state index contributed by atoms with van der Waals surface area (Å²) in [4.78, 5) is 41.2. The van der Waals surface area contributed by atoms with E-state index in [4.69, 9.17) is 18.9 Å². The number of likely N-dealkylation sites (tertiary alicyclic amines) is 1. The monoisotopic (exact) mass is 616 g/mol. The Bertz CT molecular complexity index is 1530. The minimum Gasteiger partial charge on any atom is -0.491 e. The van der Waals surface area contributed by atoms with Gasteiger partial charge in [0.25, 0.3) is 11.8 Å². The molecule has 11 nitrogen and oxygen atoms in total. The quantitative estimate of drug-likeness (QED) is 0.371. The van der Waals surface area contributed by atoms with Gasteiger partial charge in [-0.2, -0.15) is 0 Å². The number of ether oxygens (including phenoxy) is 4. The molecule has 0 spiro atoms. The molecule has 1 saturated heterocycles. The van der Waals surface area contributed by atoms with E-state index in [1.165, 1.54) is 0 Å². The minimum atomic E-state index is -0.454. The van der Waals surface area contributed by atoms with E-state index in [2.05, 4.69) is 16.0 Å². The Hall–Kier alpha value is -4.61. The minimum absolute atomic E-state index is 0.0545. The number of urea groups is 1. The number of fused-ring (bicyclic) bond motifs is 5. The number of nitrogens with one attached hydrogen (secondary N) is 3. The molecule has 11 heteroatoms. The molecule has 0 saturated carbocycles. The average Bonchev–Trinajstić information content (AvgIpc) is 3.03. The van der Waals surface area contributed by atoms with Crippen molar-refractivity contribution in [3.05, 3.63) is 88.5 Å². The summed E-state index contributed by atoms with van der Waals surface area (Å²) >= 11 is 0. The van der Waals surface area contributed by atoms with E-state index in [1.807, 2.05) is 56.3 Å². The molecule has 4 bridgehead atoms. The molecular weight excluding hydrogens is 576 g/mol. The molecule has 3 aromatic carbocycles. The molecule has 0 aromatic heterocycles. The summed E-state index contributed by atoms with van der Waals surface area (Å²) < 4.78 is 23.4. The second kappa shape index (κ2) is 14.9. The molecule has 2 heterocycles. The number of carbonyl (C=O) groups is 3. The molecule has 3 N–H and O–H groups in total. The Balaban J connectivity index is 1.37. The van der Waals surface area contributed by atoms with Crippen molar-refractivity contribution < 1.29 is 33.3 Å². The van der Waals surface area contributed by atoms with Crippen molar-refractivity contribution in [2.24, 2.45) is 0 Å². The lowest BCUT2D eigenvalue weighted by Gasteiger charge is -2.39. The van der Waals surface area contributed by atoms with Gasteiger partial charge in [0, 0.05) is 50.5 Å². The van der Waals surface area contributed by atoms with Gasteiger partial charge in [-0.1, -0.05) is 24.3 Å². The fourth-order valence-electron chi connectivity index (χ4n) is 5.39. The van der Waals surface area contributed by atoms with E-state index in [9.17, 15) is 14.4 Å². The predicted octanol–water partition coefficient (Wildman–Crippen LogP) is 3.96. The second-order valence-corrected chi connectivity index (χ2v) is 11.2. The first-order valence-corrected chi connectivity index (χ1v) is 15.1. The average molecular weight is 617 g/mol. The molecule has 0 radical (unpaired) electrons. The molecule has 3 aromatic rings. The Morgan fingerprint density at radius 1 is 0.978 bits per heavy atom. The molecule has 0 aliphatic carbocycles. The van der Waals surface area contributed by atoms with Gasteiger partial charge < -0.3 is 39.8 Å². The number of benzene rings is 3. The first kappa shape index (κ1) is 31.8. The molecule has 2 atom stereocenters. The predicted molar refractivity (Wildman–Crippen MR) is 168 cm³/mol. The summed E-state index contributed by atoms with van der Waals surface area (Å²) in [6, 6.07) is 17.5. The molecule has 1 fully saturated rings. The van der Waals surface area contributed by atoms with Crippen LogP contribution in [-0.2, 0) is 16.1 Å². The van der Waals surface area contributed by atoms with Crippen molar-refractivity contribution in [1.29, 1.82) is 0 Å². The zero-order chi connectivity index (χ0) is 31.8. The van der Waals surface area contributed by atoms with Crippen LogP contribution in [0.4, 0.5) is 4.79 Å². The summed E-state index contributed by atoms with van der Waals surface area (Å²) in [6.07, 6.45) is 0.0723. The Morgan fingerprint density at radius 2 is 1.80 bits per heavy atom. The maximum absolute atomic E-state index is 13.5. The molecule has 4 amide bonds. The summed E-state index contributed by atoms with van der Waals surface area (Å²) in [5.74, 6) is 1.07. The van der Waals surface area contributed by atoms with Crippen LogP contribution >= 0.6 is 0 Å². The maximum Gasteiger partial charge on any atom is 0.315 e. The van der Waals surface area contributed by atoms with Crippen LogP contribution in [0, 0.1) is 13.8 Å². The van der Waals surface area contributed by atoms with Crippen LogP contribution in [0.3, 0.4) is 0 Å². The fraction of sp³-hybridized carbons (Fsp3) is 0.382. The van der Waals surface area contributed by atoms with Crippen molar-refractivity contribution in [2.75, 3.05) is 46.5 Å². The third-order valence-corrected chi connectivity index (χ3v) is 7.99. The SMILES string of the molecule is COCCOc1cc2cc(c1)C(=O)NCCNC(=O)N[C@H]1CCN(C(=O)c3cccc(C)c3C)C[C@@H]1OCc1cccc(c1)O2. The zero-order valence-corrected chi connectivity index (χ0v) is 25.9. The summed E-state index contributed by atoms with van der Waals surface area (Å²) in [6.45, 7) is 6.11. The third-order valence-electron chi connectivity index (χ3n) is 7.99. The molecule has 238 valence electrons. The van der Waals surface area contributed by atoms with Gasteiger partial charge in [-0.3, -0.25) is 9.59 Å². The first-order chi connectivity index (χ1) is 21.8. The second-order valence-electron chi connectivity index (χ2n) is 11.2. The number of nitrogens with zero attached hydrogens (tertiary/aromatic N) is 1. The van der Waals surface area contributed by atoms with Gasteiger partial charge in [-0.15, -0.1) is 0 Å². The first-order valence-electron chi connectivity index (χ1n) is 15.1. The highest BCUT2D eigenvalue weighted by molar-refractivity contribution is 5.96. The smallest absolute Gasteiger partial charge is 0.315 e. The topological polar surface area (TPSA) is 127 Å². The number of methoxy groups -OCH3 is 1. The van der Waals surface area contributed by atoms with Gasteiger partial charge in [0.2, 0.25) is 0 Å². The number of amides is 4. The van der Waals surface area contributed by atoms with Gasteiger partial charge >= 0.3 is 6.03 Å². The number of hydrogen-bond acceptors (Lipinski definition) is 7. The van der Waals surface area contributed by atoms with Crippen molar-refractivity contribution in [2.45, 2.75) is 39.0 Å². The van der Waals surface area contributed by atoms with Crippen LogP contribution in [0.5, 0.6) is 17.2 Å². The number of carbonyl (C=O) groups excluding carboxylic acids is 3. The largest absolute Gasteiger partial charge is 0.491 e. The fourth-order valence-corrected chi connectivity index (χ4v) is 5.39. The van der Waals surface area contributed by atoms with Crippen LogP contribution in [0.1, 0.15) is 43.8 Å². The molecule has 2 aliphatic rings. The van der Waals surface area contributed by atoms with Crippen molar-refractivity contribution in [1.82, 2.24) is 20.9 Å². The summed E-state index contributed by atoms with van der Waals surface area (Å²) in [5.41, 5.74) is 3.88. The van der Waals surface area contributed by atoms with E-state index < -0.39 is 6.10 Å². The molecular formula is C34H40N4O7. The van der Waals surface area contributed by atoms with Crippen LogP contribution in [-0.4, -0.2) is 81.4 Å². The highest BCUT2D eigenvalue weighted by Gasteiger charge is 2.34. The Labute approximate surface area is 263 Å². The van der Waals surface area contributed by atoms with E-state index in [0.717, 1.165) is 16.7 Å². The molecule has 45 heavy (non-hydrogen) atoms. The van der Waals surface area contributed by atoms with Crippen molar-refractivity contribution in [3.63, 3.8) is 0 Å². The summed E-state index contributed by atoms with van der Waals surface area (Å²) in [7, 11) is 1.59. The Kier molecular flexibility index (Phi) is 10.5. The maximum atomic E-state index is 13.5. The van der Waals surface area contributed by atoms with Crippen molar-refractivity contribution >= 4 is 17.8 Å². The lowest BCUT2D eigenvalue weighted by Crippen LogP contribution is -2.58. The van der Waals surface area contributed by atoms with Gasteiger partial charge in [0.05, 0.1) is 25.4 Å². The van der Waals surface area contributed by atoms with E-state index >= 15 is 0 Å². The number of hydrogen-bond donors (Lipinski definition) is 3. The van der Waals surface area contributed by atoms with E-state index in [1.54, 1.807) is 30.2 Å². The number of rotatable bonds is 5. The van der Waals surface area contributed by atoms with Gasteiger partial charge in [-0.05, 0) is 67.3 Å². The molecule has 5 rings (SSSR count). The number of piperidine rings is 1. The van der Waals surface area contributed by atoms with E-state index in [-0.39, 0.29) is 43.6 Å². The third kappa shape index (κ3) is 8.31. The standard InChI is InChI=1S/C34H40N4O7/c1-22-6-4-9-29(23(22)2)33(40)38-13-10-30-31(20-38)44-21-24-7-5-8-26(16-24)45-28-18-25(17-27(19-28)43-15-14-42-3)32(39)35-11-12-36-34(41)37-30/h4-9,16-19,30-31H,10-15,20-21H2,1-3H3,(H,35,39)(H2,36,37,41)/t30-,31-/m0/s1. The Morgan fingerprint density at radius 3 is 2.64 bits per heavy atom. The van der Waals surface area contributed by atoms with Gasteiger partial charge in [0.1, 0.15) is 23.9 Å². The van der Waals surface area contributed by atoms with Crippen molar-refractivity contribution in [3.8, 4) is 17.2 Å². The molecule has 2 aliphatic heterocycles. The van der Waals surface area contributed by atoms with Crippen LogP contribution in [0.2, 0.25) is 0 Å². The van der Waals surface area contributed by atoms with E-state index in [0.29, 0.717) is 61.1 Å².